The van der Waals surface area contributed by atoms with E-state index in [1.165, 1.54) is 0 Å². The molecule has 1 N–H and O–H groups in total. The number of para-hydroxylation sites is 2. The highest BCUT2D eigenvalue weighted by Crippen LogP contribution is 2.36. The van der Waals surface area contributed by atoms with Crippen LogP contribution in [0.4, 0.5) is 0 Å². The van der Waals surface area contributed by atoms with Crippen molar-refractivity contribution in [1.82, 2.24) is 9.88 Å². The van der Waals surface area contributed by atoms with Gasteiger partial charge in [0.2, 0.25) is 0 Å². The second-order valence-electron chi connectivity index (χ2n) is 13.0. The fourth-order valence-electron chi connectivity index (χ4n) is 7.01. The summed E-state index contributed by atoms with van der Waals surface area (Å²) in [5.74, 6) is 0.840. The van der Waals surface area contributed by atoms with Crippen LogP contribution >= 0.6 is 0 Å². The van der Waals surface area contributed by atoms with Crippen molar-refractivity contribution in [2.75, 3.05) is 0 Å². The van der Waals surface area contributed by atoms with Crippen LogP contribution in [-0.2, 0) is 0 Å². The molecule has 0 spiro atoms. The number of aliphatic imine (C=N–C) groups is 2. The Bertz CT molecular complexity index is 4050. The molecule has 0 fully saturated rings. The normalized spacial score (nSPS) is 18.2. The van der Waals surface area contributed by atoms with Gasteiger partial charge in [0, 0.05) is 38.4 Å². The molecule has 0 aliphatic carbocycles. The maximum atomic E-state index is 9.90. The van der Waals surface area contributed by atoms with Gasteiger partial charge in [0.25, 0.3) is 0 Å². The second-order valence-corrected chi connectivity index (χ2v) is 13.0. The first kappa shape index (κ1) is 19.7. The third kappa shape index (κ3) is 5.48. The van der Waals surface area contributed by atoms with E-state index in [4.69, 9.17) is 26.7 Å². The maximum absolute atomic E-state index is 9.90. The minimum Gasteiger partial charge on any atom is -0.456 e. The van der Waals surface area contributed by atoms with Crippen molar-refractivity contribution in [3.05, 3.63) is 210 Å². The Morgan fingerprint density at radius 3 is 2.02 bits per heavy atom. The van der Waals surface area contributed by atoms with Crippen molar-refractivity contribution in [2.24, 2.45) is 9.98 Å². The van der Waals surface area contributed by atoms with E-state index in [-0.39, 0.29) is 27.4 Å². The van der Waals surface area contributed by atoms with E-state index < -0.39 is 125 Å². The highest BCUT2D eigenvalue weighted by Gasteiger charge is 2.22. The minimum absolute atomic E-state index is 0.139. The first-order valence-corrected chi connectivity index (χ1v) is 17.6. The molecule has 3 heterocycles. The number of furan rings is 1. The van der Waals surface area contributed by atoms with Crippen molar-refractivity contribution in [1.29, 1.82) is 0 Å². The quantitative estimate of drug-likeness (QED) is 0.185. The van der Waals surface area contributed by atoms with Gasteiger partial charge in [0.1, 0.15) is 22.8 Å². The number of hydrogen-bond acceptors (Lipinski definition) is 4. The van der Waals surface area contributed by atoms with Gasteiger partial charge < -0.3 is 14.3 Å². The lowest BCUT2D eigenvalue weighted by atomic mass is 10.0. The van der Waals surface area contributed by atoms with Crippen molar-refractivity contribution >= 4 is 55.4 Å². The third-order valence-corrected chi connectivity index (χ3v) is 9.66. The number of amidine groups is 2. The Hall–Kier alpha value is -7.50. The topological polar surface area (TPSA) is 54.8 Å². The van der Waals surface area contributed by atoms with Crippen LogP contribution in [0.2, 0.25) is 0 Å². The van der Waals surface area contributed by atoms with Gasteiger partial charge in [-0.25, -0.2) is 9.98 Å². The molecule has 0 amide bonds. The molecule has 1 aliphatic rings. The van der Waals surface area contributed by atoms with E-state index in [0.29, 0.717) is 28.4 Å². The molecule has 264 valence electrons. The molecule has 11 rings (SSSR count). The van der Waals surface area contributed by atoms with E-state index in [1.54, 1.807) is 24.3 Å². The number of benzene rings is 8. The molecule has 0 saturated heterocycles. The lowest BCUT2D eigenvalue weighted by molar-refractivity contribution is 0.668. The van der Waals surface area contributed by atoms with Crippen molar-refractivity contribution in [3.63, 3.8) is 0 Å². The molecule has 2 aromatic heterocycles. The summed E-state index contributed by atoms with van der Waals surface area (Å²) in [6, 6.07) is 18.1. The fraction of sp³-hybridized carbons (Fsp3) is 0.0196. The Balaban J connectivity index is 1.13. The van der Waals surface area contributed by atoms with E-state index in [1.807, 2.05) is 72.8 Å². The predicted octanol–water partition coefficient (Wildman–Crippen LogP) is 12.5. The third-order valence-electron chi connectivity index (χ3n) is 9.66. The Morgan fingerprint density at radius 1 is 0.482 bits per heavy atom. The lowest BCUT2D eigenvalue weighted by Gasteiger charge is -2.22. The lowest BCUT2D eigenvalue weighted by Crippen LogP contribution is -2.36. The number of aromatic nitrogens is 1. The van der Waals surface area contributed by atoms with Gasteiger partial charge in [0.15, 0.2) is 6.17 Å². The number of fused-ring (bicyclic) bond motifs is 6. The average molecular weight is 735 g/mol. The molecule has 5 heteroatoms. The Labute approximate surface area is 346 Å². The van der Waals surface area contributed by atoms with Crippen LogP contribution in [-0.4, -0.2) is 16.2 Å². The number of nitrogens with zero attached hydrogens (tertiary/aromatic N) is 3. The molecule has 56 heavy (non-hydrogen) atoms. The summed E-state index contributed by atoms with van der Waals surface area (Å²) < 4.78 is 150. The molecule has 0 saturated carbocycles. The van der Waals surface area contributed by atoms with Crippen LogP contribution in [0, 0.1) is 0 Å². The van der Waals surface area contributed by atoms with Crippen molar-refractivity contribution in [3.8, 4) is 27.9 Å². The maximum Gasteiger partial charge on any atom is 0.169 e. The van der Waals surface area contributed by atoms with Crippen LogP contribution in [0.5, 0.6) is 0 Å². The van der Waals surface area contributed by atoms with Gasteiger partial charge >= 0.3 is 0 Å². The molecule has 10 aromatic rings. The molecule has 8 aromatic carbocycles. The summed E-state index contributed by atoms with van der Waals surface area (Å²) in [7, 11) is 0. The largest absolute Gasteiger partial charge is 0.456 e. The summed E-state index contributed by atoms with van der Waals surface area (Å²) in [5, 5.41) is 4.67. The van der Waals surface area contributed by atoms with Crippen LogP contribution in [0.3, 0.4) is 0 Å². The molecular formula is C51H34N4O. The monoisotopic (exact) mass is 734 g/mol. The van der Waals surface area contributed by atoms with Gasteiger partial charge in [-0.05, 0) is 76.3 Å². The summed E-state index contributed by atoms with van der Waals surface area (Å²) in [4.78, 5) is 10.0. The molecule has 5 nitrogen and oxygen atoms in total. The van der Waals surface area contributed by atoms with Gasteiger partial charge in [-0.1, -0.05) is 145 Å². The first-order chi connectivity index (χ1) is 34.4. The molecule has 1 unspecified atom stereocenters. The average Bonchev–Trinajstić information content (AvgIpc) is 3.95. The standard InChI is InChI=1S/C51H34N4O/c1-3-12-33(13-4-1)34-22-26-40(27-23-34)55-45-20-9-7-18-41(45)42-28-24-37(31-46(42)55)36-16-11-17-38(30-36)50-52-49(35-14-5-2-6-15-35)53-51(54-50)39-25-29-44-43-19-8-10-21-47(43)56-48(44)32-39/h1-32,49H,(H,52,53,54)/i1D,3D,4D,7D,9D,12D,13D,18D,20D,22D,23D,24D,26D,27D,28D,31D. The van der Waals surface area contributed by atoms with Crippen LogP contribution in [0.1, 0.15) is 44.8 Å². The second kappa shape index (κ2) is 13.1. The summed E-state index contributed by atoms with van der Waals surface area (Å²) in [6.45, 7) is 0. The van der Waals surface area contributed by atoms with Gasteiger partial charge in [-0.15, -0.1) is 0 Å². The van der Waals surface area contributed by atoms with Crippen LogP contribution in [0.25, 0.3) is 71.7 Å². The summed E-state index contributed by atoms with van der Waals surface area (Å²) >= 11 is 0. The van der Waals surface area contributed by atoms with Gasteiger partial charge in [-0.3, -0.25) is 0 Å². The first-order valence-electron chi connectivity index (χ1n) is 25.6. The Kier molecular flexibility index (Phi) is 4.62. The Morgan fingerprint density at radius 2 is 1.16 bits per heavy atom. The minimum atomic E-state index is -0.849. The SMILES string of the molecule is [2H]c1c([2H])c([2H])c(-c2c([2H])c([2H])c(-n3c4c([2H])c([2H])c([2H])c([2H])c4c4c([2H])c([2H])c(-c5cccc(C6=NC(c7ccccc7)N=C(c7ccc8c(c7)oc7ccccc78)N6)c5)c([2H])c43)c([2H])c2[2H])c([2H])c1[2H]. The summed E-state index contributed by atoms with van der Waals surface area (Å²) in [5.41, 5.74) is 0.893. The zero-order chi connectivity index (χ0) is 50.9. The van der Waals surface area contributed by atoms with E-state index >= 15 is 0 Å². The zero-order valence-electron chi connectivity index (χ0n) is 45.1. The smallest absolute Gasteiger partial charge is 0.169 e. The van der Waals surface area contributed by atoms with E-state index in [0.717, 1.165) is 26.5 Å². The highest BCUT2D eigenvalue weighted by atomic mass is 16.3. The highest BCUT2D eigenvalue weighted by molar-refractivity contribution is 6.17. The van der Waals surface area contributed by atoms with Crippen molar-refractivity contribution in [2.45, 2.75) is 6.17 Å². The number of rotatable bonds is 6. The summed E-state index contributed by atoms with van der Waals surface area (Å²) in [6.07, 6.45) is -0.714. The molecule has 0 radical (unpaired) electrons. The fourth-order valence-corrected chi connectivity index (χ4v) is 7.01. The van der Waals surface area contributed by atoms with Gasteiger partial charge in [-0.2, -0.15) is 0 Å². The molecule has 1 aliphatic heterocycles. The van der Waals surface area contributed by atoms with Gasteiger partial charge in [0.05, 0.1) is 33.0 Å². The number of hydrogen-bond donors (Lipinski definition) is 1. The van der Waals surface area contributed by atoms with E-state index in [2.05, 4.69) is 5.32 Å². The van der Waals surface area contributed by atoms with Crippen LogP contribution in [0.15, 0.2) is 208 Å². The zero-order valence-corrected chi connectivity index (χ0v) is 29.1. The molecular weight excluding hydrogens is 685 g/mol. The molecule has 1 atom stereocenters. The van der Waals surface area contributed by atoms with Crippen LogP contribution < -0.4 is 5.32 Å². The van der Waals surface area contributed by atoms with E-state index in [9.17, 15) is 9.60 Å². The predicted molar refractivity (Wildman–Crippen MR) is 231 cm³/mol. The van der Waals surface area contributed by atoms with Crippen molar-refractivity contribution < 1.29 is 26.3 Å². The molecule has 0 bridgehead atoms. The number of nitrogens with one attached hydrogen (secondary N) is 1.